The Labute approximate surface area is 278 Å². The van der Waals surface area contributed by atoms with E-state index in [1.54, 1.807) is 33.9 Å². The number of hydrogen-bond donors (Lipinski definition) is 1. The van der Waals surface area contributed by atoms with Gasteiger partial charge in [0.25, 0.3) is 0 Å². The minimum absolute atomic E-state index is 0.0493. The van der Waals surface area contributed by atoms with Gasteiger partial charge in [-0.3, -0.25) is 19.2 Å². The van der Waals surface area contributed by atoms with Gasteiger partial charge in [-0.15, -0.1) is 0 Å². The van der Waals surface area contributed by atoms with E-state index in [-0.39, 0.29) is 31.1 Å². The molecule has 1 heterocycles. The molecule has 5 atom stereocenters. The van der Waals surface area contributed by atoms with Gasteiger partial charge in [-0.1, -0.05) is 6.07 Å². The first-order valence-corrected chi connectivity index (χ1v) is 14.9. The zero-order chi connectivity index (χ0) is 36.3. The second-order valence-corrected chi connectivity index (χ2v) is 11.9. The van der Waals surface area contributed by atoms with Crippen molar-refractivity contribution in [2.75, 3.05) is 39.5 Å². The maximum atomic E-state index is 12.5. The Morgan fingerprint density at radius 3 is 1.83 bits per heavy atom. The summed E-state index contributed by atoms with van der Waals surface area (Å²) in [5, 5.41) is 0. The number of anilines is 1. The number of nitrogens with zero attached hydrogens (tertiary/aromatic N) is 2. The van der Waals surface area contributed by atoms with Crippen molar-refractivity contribution in [3.8, 4) is 5.75 Å². The Bertz CT molecular complexity index is 1330. The summed E-state index contributed by atoms with van der Waals surface area (Å²) in [6.07, 6.45) is -8.08. The maximum absolute atomic E-state index is 12.5. The smallest absolute Gasteiger partial charge is 0.410 e. The molecule has 1 aliphatic rings. The first kappa shape index (κ1) is 39.4. The standard InChI is InChI=1S/C31H45N3O14/c1-17(35)41-16-24-25(43-18(2)36)26(44-19(3)37)27(45-20(4)38)28(47-24)46-23-11-10-21(14-22(23)32)15-42-29(39)33(8)12-13-34(9)30(40)48-31(5,6)7/h10-11,14,24-28H,12-13,15-16,32H2,1-9H3/t24-,25+,26+,27-,28-/m1/s1. The van der Waals surface area contributed by atoms with Gasteiger partial charge in [0.05, 0.1) is 5.69 Å². The number of hydrogen-bond acceptors (Lipinski definition) is 15. The van der Waals surface area contributed by atoms with Crippen molar-refractivity contribution in [2.45, 2.75) is 91.4 Å². The summed E-state index contributed by atoms with van der Waals surface area (Å²) < 4.78 is 43.8. The van der Waals surface area contributed by atoms with Crippen LogP contribution in [0.5, 0.6) is 5.75 Å². The molecular weight excluding hydrogens is 638 g/mol. The zero-order valence-electron chi connectivity index (χ0n) is 28.6. The van der Waals surface area contributed by atoms with Gasteiger partial charge in [-0.05, 0) is 38.5 Å². The molecule has 48 heavy (non-hydrogen) atoms. The van der Waals surface area contributed by atoms with Crippen molar-refractivity contribution in [1.82, 2.24) is 9.80 Å². The number of carbonyl (C=O) groups excluding carboxylic acids is 6. The highest BCUT2D eigenvalue weighted by Gasteiger charge is 2.53. The molecule has 0 bridgehead atoms. The van der Waals surface area contributed by atoms with Crippen LogP contribution in [0.3, 0.4) is 0 Å². The summed E-state index contributed by atoms with van der Waals surface area (Å²) in [5.74, 6) is -2.97. The minimum atomic E-state index is -1.48. The van der Waals surface area contributed by atoms with Gasteiger partial charge in [-0.2, -0.15) is 0 Å². The van der Waals surface area contributed by atoms with Crippen molar-refractivity contribution >= 4 is 41.8 Å². The average Bonchev–Trinajstić information content (AvgIpc) is 2.95. The molecule has 17 nitrogen and oxygen atoms in total. The number of ether oxygens (including phenoxy) is 8. The molecule has 0 aliphatic carbocycles. The molecule has 0 unspecified atom stereocenters. The first-order chi connectivity index (χ1) is 22.3. The monoisotopic (exact) mass is 683 g/mol. The minimum Gasteiger partial charge on any atom is -0.463 e. The highest BCUT2D eigenvalue weighted by atomic mass is 16.7. The molecule has 0 saturated carbocycles. The quantitative estimate of drug-likeness (QED) is 0.190. The van der Waals surface area contributed by atoms with E-state index in [1.807, 2.05) is 0 Å². The molecule has 2 amide bonds. The highest BCUT2D eigenvalue weighted by Crippen LogP contribution is 2.33. The number of amides is 2. The number of carbonyl (C=O) groups is 6. The van der Waals surface area contributed by atoms with Gasteiger partial charge in [0, 0.05) is 54.9 Å². The number of nitrogens with two attached hydrogens (primary N) is 1. The second kappa shape index (κ2) is 17.4. The van der Waals surface area contributed by atoms with E-state index in [9.17, 15) is 28.8 Å². The molecule has 17 heteroatoms. The Kier molecular flexibility index (Phi) is 14.3. The van der Waals surface area contributed by atoms with Crippen molar-refractivity contribution in [3.05, 3.63) is 23.8 Å². The van der Waals surface area contributed by atoms with E-state index in [4.69, 9.17) is 43.6 Å². The Hall–Kier alpha value is -4.80. The van der Waals surface area contributed by atoms with Crippen LogP contribution in [-0.4, -0.2) is 116 Å². The van der Waals surface area contributed by atoms with E-state index >= 15 is 0 Å². The first-order valence-electron chi connectivity index (χ1n) is 14.9. The molecule has 1 saturated heterocycles. The van der Waals surface area contributed by atoms with Crippen molar-refractivity contribution in [2.24, 2.45) is 0 Å². The van der Waals surface area contributed by atoms with E-state index in [0.717, 1.165) is 27.7 Å². The molecule has 1 aliphatic heterocycles. The SMILES string of the molecule is CC(=O)OC[C@H]1O[C@@H](Oc2ccc(COC(=O)N(C)CCN(C)C(=O)OC(C)(C)C)cc2N)[C@H](OC(C)=O)[C@@H](OC(C)=O)[C@H]1OC(C)=O. The lowest BCUT2D eigenvalue weighted by molar-refractivity contribution is -0.288. The number of rotatable bonds is 12. The van der Waals surface area contributed by atoms with Crippen LogP contribution in [0.15, 0.2) is 18.2 Å². The van der Waals surface area contributed by atoms with Crippen molar-refractivity contribution < 1.29 is 66.7 Å². The summed E-state index contributed by atoms with van der Waals surface area (Å²) in [6, 6.07) is 4.48. The lowest BCUT2D eigenvalue weighted by Crippen LogP contribution is -2.63. The molecule has 0 spiro atoms. The molecule has 1 aromatic rings. The fourth-order valence-electron chi connectivity index (χ4n) is 4.28. The second-order valence-electron chi connectivity index (χ2n) is 11.9. The van der Waals surface area contributed by atoms with Gasteiger partial charge < -0.3 is 53.4 Å². The third-order valence-electron chi connectivity index (χ3n) is 6.42. The van der Waals surface area contributed by atoms with E-state index in [0.29, 0.717) is 5.56 Å². The van der Waals surface area contributed by atoms with Crippen molar-refractivity contribution in [1.29, 1.82) is 0 Å². The topological polar surface area (TPSA) is 209 Å². The van der Waals surface area contributed by atoms with Gasteiger partial charge in [0.15, 0.2) is 12.2 Å². The summed E-state index contributed by atoms with van der Waals surface area (Å²) >= 11 is 0. The Balaban J connectivity index is 2.18. The molecular formula is C31H45N3O14. The summed E-state index contributed by atoms with van der Waals surface area (Å²) in [6.45, 7) is 9.54. The summed E-state index contributed by atoms with van der Waals surface area (Å²) in [4.78, 5) is 74.9. The average molecular weight is 684 g/mol. The highest BCUT2D eigenvalue weighted by molar-refractivity contribution is 5.70. The fourth-order valence-corrected chi connectivity index (χ4v) is 4.28. The van der Waals surface area contributed by atoms with E-state index in [2.05, 4.69) is 0 Å². The van der Waals surface area contributed by atoms with Crippen LogP contribution >= 0.6 is 0 Å². The van der Waals surface area contributed by atoms with Crippen LogP contribution in [-0.2, 0) is 58.9 Å². The largest absolute Gasteiger partial charge is 0.463 e. The molecule has 0 aromatic heterocycles. The third-order valence-corrected chi connectivity index (χ3v) is 6.42. The number of likely N-dealkylation sites (N-methyl/N-ethyl adjacent to an activating group) is 2. The van der Waals surface area contributed by atoms with Crippen LogP contribution in [0.2, 0.25) is 0 Å². The predicted octanol–water partition coefficient (Wildman–Crippen LogP) is 2.17. The summed E-state index contributed by atoms with van der Waals surface area (Å²) in [5.41, 5.74) is 6.15. The van der Waals surface area contributed by atoms with E-state index in [1.165, 1.54) is 29.0 Å². The lowest BCUT2D eigenvalue weighted by Gasteiger charge is -2.44. The molecule has 1 fully saturated rings. The van der Waals surface area contributed by atoms with Crippen molar-refractivity contribution in [3.63, 3.8) is 0 Å². The fraction of sp³-hybridized carbons (Fsp3) is 0.613. The van der Waals surface area contributed by atoms with Crippen LogP contribution in [0.25, 0.3) is 0 Å². The number of esters is 4. The van der Waals surface area contributed by atoms with E-state index < -0.39 is 79.0 Å². The Morgan fingerprint density at radius 1 is 0.771 bits per heavy atom. The molecule has 1 aromatic carbocycles. The number of nitrogen functional groups attached to an aromatic ring is 1. The predicted molar refractivity (Wildman–Crippen MR) is 165 cm³/mol. The third kappa shape index (κ3) is 12.8. The van der Waals surface area contributed by atoms with Gasteiger partial charge in [0.1, 0.15) is 30.7 Å². The van der Waals surface area contributed by atoms with Gasteiger partial charge in [0.2, 0.25) is 12.4 Å². The van der Waals surface area contributed by atoms with Crippen LogP contribution < -0.4 is 10.5 Å². The zero-order valence-corrected chi connectivity index (χ0v) is 28.6. The van der Waals surface area contributed by atoms with Gasteiger partial charge >= 0.3 is 36.1 Å². The molecule has 268 valence electrons. The molecule has 0 radical (unpaired) electrons. The van der Waals surface area contributed by atoms with Crippen LogP contribution in [0.4, 0.5) is 15.3 Å². The number of benzene rings is 1. The Morgan fingerprint density at radius 2 is 1.31 bits per heavy atom. The lowest BCUT2D eigenvalue weighted by atomic mass is 9.98. The summed E-state index contributed by atoms with van der Waals surface area (Å²) in [7, 11) is 3.07. The molecule has 2 rings (SSSR count). The normalized spacial score (nSPS) is 20.4. The van der Waals surface area contributed by atoms with Crippen LogP contribution in [0.1, 0.15) is 54.0 Å². The molecule has 2 N–H and O–H groups in total. The van der Waals surface area contributed by atoms with Gasteiger partial charge in [-0.25, -0.2) is 9.59 Å². The maximum Gasteiger partial charge on any atom is 0.410 e. The van der Waals surface area contributed by atoms with Crippen LogP contribution in [0, 0.1) is 0 Å².